The molecule has 3 rings (SSSR count). The third-order valence-electron chi connectivity index (χ3n) is 2.60. The number of pyridine rings is 1. The summed E-state index contributed by atoms with van der Waals surface area (Å²) >= 11 is 0. The lowest BCUT2D eigenvalue weighted by atomic mass is 10.2. The van der Waals surface area contributed by atoms with Gasteiger partial charge in [0, 0.05) is 29.5 Å². The van der Waals surface area contributed by atoms with Crippen molar-refractivity contribution in [3.63, 3.8) is 0 Å². The zero-order chi connectivity index (χ0) is 12.5. The summed E-state index contributed by atoms with van der Waals surface area (Å²) in [7, 11) is 0. The molecule has 5 heteroatoms. The summed E-state index contributed by atoms with van der Waals surface area (Å²) in [6.45, 7) is 0. The molecule has 0 aliphatic carbocycles. The maximum absolute atomic E-state index is 13.1. The van der Waals surface area contributed by atoms with Gasteiger partial charge in [-0.2, -0.15) is 0 Å². The minimum absolute atomic E-state index is 0.362. The summed E-state index contributed by atoms with van der Waals surface area (Å²) in [4.78, 5) is 7.10. The molecule has 18 heavy (non-hydrogen) atoms. The van der Waals surface area contributed by atoms with Crippen LogP contribution in [0, 0.1) is 11.6 Å². The Bertz CT molecular complexity index is 686. The van der Waals surface area contributed by atoms with Crippen LogP contribution in [0.15, 0.2) is 42.7 Å². The van der Waals surface area contributed by atoms with E-state index in [1.807, 2.05) is 6.07 Å². The van der Waals surface area contributed by atoms with Gasteiger partial charge in [0.1, 0.15) is 17.3 Å². The van der Waals surface area contributed by atoms with E-state index in [0.717, 1.165) is 22.8 Å². The van der Waals surface area contributed by atoms with Gasteiger partial charge in [0.25, 0.3) is 0 Å². The van der Waals surface area contributed by atoms with Crippen molar-refractivity contribution in [2.45, 2.75) is 0 Å². The van der Waals surface area contributed by atoms with Gasteiger partial charge < -0.3 is 10.3 Å². The molecule has 0 spiro atoms. The molecule has 0 unspecified atom stereocenters. The second-order valence-corrected chi connectivity index (χ2v) is 3.88. The smallest absolute Gasteiger partial charge is 0.139 e. The molecule has 0 aliphatic heterocycles. The highest BCUT2D eigenvalue weighted by atomic mass is 19.1. The molecule has 2 aromatic heterocycles. The van der Waals surface area contributed by atoms with E-state index in [4.69, 9.17) is 0 Å². The number of aromatic amines is 1. The van der Waals surface area contributed by atoms with Gasteiger partial charge in [-0.1, -0.05) is 0 Å². The van der Waals surface area contributed by atoms with E-state index in [1.165, 1.54) is 12.1 Å². The molecule has 0 amide bonds. The molecule has 2 heterocycles. The first-order chi connectivity index (χ1) is 8.72. The normalized spacial score (nSPS) is 10.8. The highest BCUT2D eigenvalue weighted by molar-refractivity contribution is 5.91. The Morgan fingerprint density at radius 3 is 2.61 bits per heavy atom. The molecule has 0 atom stereocenters. The van der Waals surface area contributed by atoms with Crippen LogP contribution in [-0.4, -0.2) is 9.97 Å². The number of rotatable bonds is 2. The Hall–Kier alpha value is -2.43. The van der Waals surface area contributed by atoms with E-state index in [2.05, 4.69) is 15.3 Å². The first kappa shape index (κ1) is 10.7. The fraction of sp³-hybridized carbons (Fsp3) is 0. The van der Waals surface area contributed by atoms with Crippen LogP contribution in [0.4, 0.5) is 20.2 Å². The van der Waals surface area contributed by atoms with E-state index < -0.39 is 11.6 Å². The number of nitrogens with zero attached hydrogens (tertiary/aromatic N) is 1. The summed E-state index contributed by atoms with van der Waals surface area (Å²) < 4.78 is 26.2. The van der Waals surface area contributed by atoms with Crippen LogP contribution in [-0.2, 0) is 0 Å². The van der Waals surface area contributed by atoms with Crippen LogP contribution in [0.3, 0.4) is 0 Å². The second kappa shape index (κ2) is 4.10. The number of nitrogens with one attached hydrogen (secondary N) is 2. The highest BCUT2D eigenvalue weighted by Gasteiger charge is 2.05. The lowest BCUT2D eigenvalue weighted by molar-refractivity contribution is 0.584. The standard InChI is InChI=1S/C13H9F2N3/c14-8-5-9(15)7-10(6-8)18-12-2-4-17-13-11(12)1-3-16-13/h1-7H,(H2,16,17,18). The second-order valence-electron chi connectivity index (χ2n) is 3.88. The summed E-state index contributed by atoms with van der Waals surface area (Å²) in [6.07, 6.45) is 3.38. The molecule has 0 fully saturated rings. The van der Waals surface area contributed by atoms with Gasteiger partial charge in [0.15, 0.2) is 0 Å². The zero-order valence-corrected chi connectivity index (χ0v) is 9.24. The maximum Gasteiger partial charge on any atom is 0.139 e. The average Bonchev–Trinajstić information content (AvgIpc) is 2.76. The van der Waals surface area contributed by atoms with E-state index in [1.54, 1.807) is 18.5 Å². The van der Waals surface area contributed by atoms with Crippen LogP contribution >= 0.6 is 0 Å². The molecule has 0 saturated heterocycles. The summed E-state index contributed by atoms with van der Waals surface area (Å²) in [5.41, 5.74) is 1.82. The van der Waals surface area contributed by atoms with E-state index in [0.29, 0.717) is 5.69 Å². The lowest BCUT2D eigenvalue weighted by Crippen LogP contribution is -1.93. The molecule has 3 nitrogen and oxygen atoms in total. The summed E-state index contributed by atoms with van der Waals surface area (Å²) in [5.74, 6) is -1.23. The van der Waals surface area contributed by atoms with Gasteiger partial charge >= 0.3 is 0 Å². The topological polar surface area (TPSA) is 40.7 Å². The van der Waals surface area contributed by atoms with E-state index in [-0.39, 0.29) is 0 Å². The van der Waals surface area contributed by atoms with Gasteiger partial charge in [0.2, 0.25) is 0 Å². The minimum atomic E-state index is -0.614. The van der Waals surface area contributed by atoms with Crippen molar-refractivity contribution in [1.82, 2.24) is 9.97 Å². The first-order valence-corrected chi connectivity index (χ1v) is 5.37. The molecule has 0 saturated carbocycles. The Balaban J connectivity index is 2.03. The fourth-order valence-electron chi connectivity index (χ4n) is 1.85. The third kappa shape index (κ3) is 1.90. The average molecular weight is 245 g/mol. The van der Waals surface area contributed by atoms with Crippen LogP contribution in [0.2, 0.25) is 0 Å². The van der Waals surface area contributed by atoms with Crippen molar-refractivity contribution in [3.8, 4) is 0 Å². The monoisotopic (exact) mass is 245 g/mol. The van der Waals surface area contributed by atoms with Crippen LogP contribution in [0.1, 0.15) is 0 Å². The number of benzene rings is 1. The fourth-order valence-corrected chi connectivity index (χ4v) is 1.85. The largest absolute Gasteiger partial charge is 0.355 e. The molecule has 0 aliphatic rings. The SMILES string of the molecule is Fc1cc(F)cc(Nc2ccnc3[nH]ccc23)c1. The summed E-state index contributed by atoms with van der Waals surface area (Å²) in [5, 5.41) is 3.84. The van der Waals surface area contributed by atoms with Gasteiger partial charge in [-0.3, -0.25) is 0 Å². The zero-order valence-electron chi connectivity index (χ0n) is 9.24. The van der Waals surface area contributed by atoms with Crippen molar-refractivity contribution in [2.75, 3.05) is 5.32 Å². The van der Waals surface area contributed by atoms with Crippen LogP contribution in [0.5, 0.6) is 0 Å². The molecule has 0 bridgehead atoms. The predicted molar refractivity (Wildman–Crippen MR) is 65.7 cm³/mol. The van der Waals surface area contributed by atoms with Crippen molar-refractivity contribution >= 4 is 22.4 Å². The van der Waals surface area contributed by atoms with E-state index >= 15 is 0 Å². The number of hydrogen-bond acceptors (Lipinski definition) is 2. The van der Waals surface area contributed by atoms with Crippen molar-refractivity contribution < 1.29 is 8.78 Å². The van der Waals surface area contributed by atoms with Crippen molar-refractivity contribution in [1.29, 1.82) is 0 Å². The molecule has 2 N–H and O–H groups in total. The van der Waals surface area contributed by atoms with Crippen LogP contribution < -0.4 is 5.32 Å². The first-order valence-electron chi connectivity index (χ1n) is 5.37. The molecule has 3 aromatic rings. The minimum Gasteiger partial charge on any atom is -0.355 e. The summed E-state index contributed by atoms with van der Waals surface area (Å²) in [6, 6.07) is 6.91. The van der Waals surface area contributed by atoms with E-state index in [9.17, 15) is 8.78 Å². The van der Waals surface area contributed by atoms with Gasteiger partial charge in [0.05, 0.1) is 5.69 Å². The molecular weight excluding hydrogens is 236 g/mol. The number of hydrogen-bond donors (Lipinski definition) is 2. The predicted octanol–water partition coefficient (Wildman–Crippen LogP) is 3.58. The number of aromatic nitrogens is 2. The lowest BCUT2D eigenvalue weighted by Gasteiger charge is -2.07. The van der Waals surface area contributed by atoms with Gasteiger partial charge in [-0.25, -0.2) is 13.8 Å². The van der Waals surface area contributed by atoms with Crippen LogP contribution in [0.25, 0.3) is 11.0 Å². The Morgan fingerprint density at radius 2 is 1.83 bits per heavy atom. The number of anilines is 2. The Labute approximate surface area is 101 Å². The molecule has 0 radical (unpaired) electrons. The van der Waals surface area contributed by atoms with Gasteiger partial charge in [-0.05, 0) is 24.3 Å². The Kier molecular flexibility index (Phi) is 2.44. The number of fused-ring (bicyclic) bond motifs is 1. The van der Waals surface area contributed by atoms with Gasteiger partial charge in [-0.15, -0.1) is 0 Å². The quantitative estimate of drug-likeness (QED) is 0.724. The molecule has 90 valence electrons. The number of halogens is 2. The van der Waals surface area contributed by atoms with Crippen molar-refractivity contribution in [3.05, 3.63) is 54.4 Å². The van der Waals surface area contributed by atoms with Crippen molar-refractivity contribution in [2.24, 2.45) is 0 Å². The highest BCUT2D eigenvalue weighted by Crippen LogP contribution is 2.25. The Morgan fingerprint density at radius 1 is 1.06 bits per heavy atom. The number of H-pyrrole nitrogens is 1. The maximum atomic E-state index is 13.1. The molecule has 1 aromatic carbocycles. The molecular formula is C13H9F2N3. The third-order valence-corrected chi connectivity index (χ3v) is 2.60.